The van der Waals surface area contributed by atoms with Crippen molar-refractivity contribution in [2.75, 3.05) is 6.61 Å². The molecule has 0 N–H and O–H groups in total. The highest BCUT2D eigenvalue weighted by Gasteiger charge is 2.33. The van der Waals surface area contributed by atoms with Gasteiger partial charge in [-0.3, -0.25) is 9.78 Å². The van der Waals surface area contributed by atoms with Gasteiger partial charge in [-0.05, 0) is 31.0 Å². The van der Waals surface area contributed by atoms with Crippen LogP contribution in [-0.4, -0.2) is 34.4 Å². The Kier molecular flexibility index (Phi) is 5.02. The van der Waals surface area contributed by atoms with Gasteiger partial charge in [0.1, 0.15) is 5.82 Å². The summed E-state index contributed by atoms with van der Waals surface area (Å²) in [4.78, 5) is 31.0. The van der Waals surface area contributed by atoms with Crippen LogP contribution in [0.15, 0.2) is 60.8 Å². The van der Waals surface area contributed by atoms with Crippen molar-refractivity contribution in [3.05, 3.63) is 77.7 Å². The molecule has 142 valence electrons. The highest BCUT2D eigenvalue weighted by atomic mass is 19.1. The van der Waals surface area contributed by atoms with Crippen LogP contribution in [0.5, 0.6) is 0 Å². The molecule has 2 aromatic carbocycles. The van der Waals surface area contributed by atoms with E-state index in [0.29, 0.717) is 16.6 Å². The summed E-state index contributed by atoms with van der Waals surface area (Å²) < 4.78 is 19.2. The third-order valence-corrected chi connectivity index (χ3v) is 4.79. The van der Waals surface area contributed by atoms with Crippen LogP contribution in [0.25, 0.3) is 10.9 Å². The van der Waals surface area contributed by atoms with Crippen LogP contribution < -0.4 is 0 Å². The number of esters is 1. The van der Waals surface area contributed by atoms with Gasteiger partial charge < -0.3 is 9.64 Å². The number of halogens is 1. The number of aromatic nitrogens is 1. The van der Waals surface area contributed by atoms with E-state index in [1.54, 1.807) is 47.5 Å². The number of amides is 1. The fraction of sp³-hybridized carbons (Fsp3) is 0.227. The minimum atomic E-state index is -0.598. The van der Waals surface area contributed by atoms with Crippen molar-refractivity contribution in [2.45, 2.75) is 25.4 Å². The lowest BCUT2D eigenvalue weighted by atomic mass is 10.1. The topological polar surface area (TPSA) is 59.5 Å². The molecule has 1 fully saturated rings. The highest BCUT2D eigenvalue weighted by Crippen LogP contribution is 2.29. The first-order valence-electron chi connectivity index (χ1n) is 9.17. The summed E-state index contributed by atoms with van der Waals surface area (Å²) in [7, 11) is 0. The second kappa shape index (κ2) is 7.76. The zero-order chi connectivity index (χ0) is 19.5. The first-order valence-corrected chi connectivity index (χ1v) is 9.17. The number of ether oxygens (including phenoxy) is 1. The first kappa shape index (κ1) is 18.1. The quantitative estimate of drug-likeness (QED) is 0.614. The number of carbonyl (C=O) groups is 2. The van der Waals surface area contributed by atoms with Gasteiger partial charge in [0.2, 0.25) is 0 Å². The van der Waals surface area contributed by atoms with Gasteiger partial charge in [-0.15, -0.1) is 0 Å². The Labute approximate surface area is 161 Å². The maximum Gasteiger partial charge on any atom is 0.340 e. The van der Waals surface area contributed by atoms with Crippen LogP contribution in [0.2, 0.25) is 0 Å². The number of hydrogen-bond acceptors (Lipinski definition) is 4. The van der Waals surface area contributed by atoms with Crippen LogP contribution in [-0.2, 0) is 16.1 Å². The van der Waals surface area contributed by atoms with Crippen LogP contribution in [0.4, 0.5) is 4.39 Å². The zero-order valence-corrected chi connectivity index (χ0v) is 15.2. The normalized spacial score (nSPS) is 13.3. The monoisotopic (exact) mass is 378 g/mol. The number of benzene rings is 2. The van der Waals surface area contributed by atoms with Gasteiger partial charge in [0, 0.05) is 29.7 Å². The summed E-state index contributed by atoms with van der Waals surface area (Å²) in [5.74, 6) is -1.27. The Morgan fingerprint density at radius 3 is 2.64 bits per heavy atom. The second-order valence-corrected chi connectivity index (χ2v) is 6.80. The van der Waals surface area contributed by atoms with Crippen LogP contribution in [0, 0.1) is 5.82 Å². The van der Waals surface area contributed by atoms with Gasteiger partial charge in [0.25, 0.3) is 5.91 Å². The Morgan fingerprint density at radius 1 is 1.07 bits per heavy atom. The maximum absolute atomic E-state index is 14.0. The number of hydrogen-bond donors (Lipinski definition) is 0. The van der Waals surface area contributed by atoms with Crippen molar-refractivity contribution in [2.24, 2.45) is 0 Å². The summed E-state index contributed by atoms with van der Waals surface area (Å²) in [5, 5.41) is 0.822. The van der Waals surface area contributed by atoms with E-state index in [1.807, 2.05) is 12.1 Å². The maximum atomic E-state index is 14.0. The predicted molar refractivity (Wildman–Crippen MR) is 102 cm³/mol. The molecular weight excluding hydrogens is 359 g/mol. The SMILES string of the molecule is O=C(OCC(=O)N(Cc1ccccc1F)C1CC1)c1cccc2cccnc12. The molecule has 6 heteroatoms. The summed E-state index contributed by atoms with van der Waals surface area (Å²) in [5.41, 5.74) is 1.30. The van der Waals surface area contributed by atoms with Gasteiger partial charge >= 0.3 is 5.97 Å². The van der Waals surface area contributed by atoms with E-state index in [1.165, 1.54) is 6.07 Å². The van der Waals surface area contributed by atoms with E-state index in [4.69, 9.17) is 4.74 Å². The van der Waals surface area contributed by atoms with Crippen LogP contribution >= 0.6 is 0 Å². The van der Waals surface area contributed by atoms with E-state index in [9.17, 15) is 14.0 Å². The molecule has 0 saturated heterocycles. The van der Waals surface area contributed by atoms with Gasteiger partial charge in [0.15, 0.2) is 6.61 Å². The average Bonchev–Trinajstić information content (AvgIpc) is 3.56. The highest BCUT2D eigenvalue weighted by molar-refractivity contribution is 6.03. The number of nitrogens with zero attached hydrogens (tertiary/aromatic N) is 2. The van der Waals surface area contributed by atoms with E-state index in [0.717, 1.165) is 18.2 Å². The fourth-order valence-electron chi connectivity index (χ4n) is 3.17. The van der Waals surface area contributed by atoms with Crippen molar-refractivity contribution in [3.8, 4) is 0 Å². The number of fused-ring (bicyclic) bond motifs is 1. The molecular formula is C22H19FN2O3. The van der Waals surface area contributed by atoms with Crippen molar-refractivity contribution >= 4 is 22.8 Å². The largest absolute Gasteiger partial charge is 0.452 e. The predicted octanol–water partition coefficient (Wildman–Crippen LogP) is 3.72. The van der Waals surface area contributed by atoms with Gasteiger partial charge in [-0.1, -0.05) is 36.4 Å². The minimum absolute atomic E-state index is 0.0741. The third-order valence-electron chi connectivity index (χ3n) is 4.79. The molecule has 3 aromatic rings. The molecule has 1 aliphatic carbocycles. The number of para-hydroxylation sites is 1. The van der Waals surface area contributed by atoms with E-state index in [2.05, 4.69) is 4.98 Å². The Hall–Kier alpha value is -3.28. The number of rotatable bonds is 6. The molecule has 0 spiro atoms. The molecule has 4 rings (SSSR count). The van der Waals surface area contributed by atoms with Crippen LogP contribution in [0.3, 0.4) is 0 Å². The zero-order valence-electron chi connectivity index (χ0n) is 15.2. The van der Waals surface area contributed by atoms with Crippen LogP contribution in [0.1, 0.15) is 28.8 Å². The Morgan fingerprint density at radius 2 is 1.86 bits per heavy atom. The molecule has 0 atom stereocenters. The summed E-state index contributed by atoms with van der Waals surface area (Å²) >= 11 is 0. The molecule has 0 bridgehead atoms. The minimum Gasteiger partial charge on any atom is -0.452 e. The standard InChI is InChI=1S/C22H19FN2O3/c23-19-9-2-1-5-16(19)13-25(17-10-11-17)20(26)14-28-22(27)18-8-3-6-15-7-4-12-24-21(15)18/h1-9,12,17H,10-11,13-14H2. The lowest BCUT2D eigenvalue weighted by molar-refractivity contribution is -0.135. The summed E-state index contributed by atoms with van der Waals surface area (Å²) in [6, 6.07) is 15.3. The molecule has 1 amide bonds. The summed E-state index contributed by atoms with van der Waals surface area (Å²) in [6.07, 6.45) is 3.36. The molecule has 1 aromatic heterocycles. The fourth-order valence-corrected chi connectivity index (χ4v) is 3.17. The van der Waals surface area contributed by atoms with Gasteiger partial charge in [-0.25, -0.2) is 9.18 Å². The van der Waals surface area contributed by atoms with Crippen molar-refractivity contribution < 1.29 is 18.7 Å². The number of pyridine rings is 1. The molecule has 0 unspecified atom stereocenters. The molecule has 0 aliphatic heterocycles. The first-order chi connectivity index (χ1) is 13.6. The number of carbonyl (C=O) groups excluding carboxylic acids is 2. The van der Waals surface area contributed by atoms with Crippen molar-refractivity contribution in [1.29, 1.82) is 0 Å². The Bertz CT molecular complexity index is 1030. The summed E-state index contributed by atoms with van der Waals surface area (Å²) in [6.45, 7) is -0.212. The van der Waals surface area contributed by atoms with Gasteiger partial charge in [-0.2, -0.15) is 0 Å². The molecule has 28 heavy (non-hydrogen) atoms. The lowest BCUT2D eigenvalue weighted by Crippen LogP contribution is -2.36. The van der Waals surface area contributed by atoms with Crippen molar-refractivity contribution in [3.63, 3.8) is 0 Å². The van der Waals surface area contributed by atoms with E-state index < -0.39 is 5.97 Å². The van der Waals surface area contributed by atoms with E-state index in [-0.39, 0.29) is 30.9 Å². The molecule has 1 aliphatic rings. The Balaban J connectivity index is 1.45. The lowest BCUT2D eigenvalue weighted by Gasteiger charge is -2.22. The molecule has 0 radical (unpaired) electrons. The van der Waals surface area contributed by atoms with Gasteiger partial charge in [0.05, 0.1) is 11.1 Å². The smallest absolute Gasteiger partial charge is 0.340 e. The van der Waals surface area contributed by atoms with Crippen molar-refractivity contribution in [1.82, 2.24) is 9.88 Å². The molecule has 1 saturated carbocycles. The molecule has 1 heterocycles. The second-order valence-electron chi connectivity index (χ2n) is 6.80. The molecule has 5 nitrogen and oxygen atoms in total. The van der Waals surface area contributed by atoms with E-state index >= 15 is 0 Å². The third kappa shape index (κ3) is 3.86. The average molecular weight is 378 g/mol.